The van der Waals surface area contributed by atoms with Gasteiger partial charge in [0.1, 0.15) is 11.6 Å². The fraction of sp³-hybridized carbons (Fsp3) is 0.263. The molecule has 1 heterocycles. The van der Waals surface area contributed by atoms with Gasteiger partial charge in [-0.1, -0.05) is 0 Å². The highest BCUT2D eigenvalue weighted by Crippen LogP contribution is 2.35. The van der Waals surface area contributed by atoms with Crippen molar-refractivity contribution in [3.8, 4) is 11.5 Å². The average Bonchev–Trinajstić information content (AvgIpc) is 2.63. The van der Waals surface area contributed by atoms with Gasteiger partial charge in [0.15, 0.2) is 11.5 Å². The lowest BCUT2D eigenvalue weighted by molar-refractivity contribution is -0.137. The van der Waals surface area contributed by atoms with Crippen molar-refractivity contribution >= 4 is 22.4 Å². The number of benzene rings is 2. The molecule has 3 rings (SSSR count). The second-order valence-electron chi connectivity index (χ2n) is 6.16. The predicted molar refractivity (Wildman–Crippen MR) is 101 cm³/mol. The van der Waals surface area contributed by atoms with Crippen molar-refractivity contribution in [1.29, 1.82) is 0 Å². The maximum atomic E-state index is 13.0. The third kappa shape index (κ3) is 4.03. The number of rotatable bonds is 5. The molecular formula is C19H19F3N4O2. The van der Waals surface area contributed by atoms with Crippen LogP contribution in [0.2, 0.25) is 0 Å². The second-order valence-corrected chi connectivity index (χ2v) is 6.16. The first-order valence-electron chi connectivity index (χ1n) is 8.32. The minimum absolute atomic E-state index is 0.0433. The Hall–Kier alpha value is -3.23. The number of alkyl halides is 3. The Morgan fingerprint density at radius 2 is 1.68 bits per heavy atom. The molecule has 1 aromatic heterocycles. The number of anilines is 2. The van der Waals surface area contributed by atoms with E-state index in [0.29, 0.717) is 39.6 Å². The zero-order valence-electron chi connectivity index (χ0n) is 15.5. The summed E-state index contributed by atoms with van der Waals surface area (Å²) < 4.78 is 49.6. The van der Waals surface area contributed by atoms with Crippen molar-refractivity contribution in [1.82, 2.24) is 9.97 Å². The molecule has 0 aliphatic heterocycles. The lowest BCUT2D eigenvalue weighted by Gasteiger charge is -2.14. The van der Waals surface area contributed by atoms with Crippen molar-refractivity contribution in [3.05, 3.63) is 47.3 Å². The van der Waals surface area contributed by atoms with Crippen LogP contribution in [-0.2, 0) is 12.7 Å². The number of hydrogen-bond donors (Lipinski definition) is 2. The predicted octanol–water partition coefficient (Wildman–Crippen LogP) is 4.17. The van der Waals surface area contributed by atoms with E-state index in [0.717, 1.165) is 12.1 Å². The van der Waals surface area contributed by atoms with Gasteiger partial charge < -0.3 is 20.5 Å². The van der Waals surface area contributed by atoms with Gasteiger partial charge in [-0.05, 0) is 36.8 Å². The van der Waals surface area contributed by atoms with Crippen molar-refractivity contribution < 1.29 is 22.6 Å². The van der Waals surface area contributed by atoms with Crippen LogP contribution < -0.4 is 20.5 Å². The van der Waals surface area contributed by atoms with Gasteiger partial charge in [0.25, 0.3) is 0 Å². The molecule has 0 unspecified atom stereocenters. The Morgan fingerprint density at radius 3 is 2.32 bits per heavy atom. The SMILES string of the molecule is COc1cc2nc(C)nc(NCc3cc(N)cc(C(F)(F)F)c3)c2cc1OC. The van der Waals surface area contributed by atoms with Crippen LogP contribution >= 0.6 is 0 Å². The molecule has 0 atom stereocenters. The van der Waals surface area contributed by atoms with E-state index in [1.54, 1.807) is 19.1 Å². The molecule has 0 radical (unpaired) electrons. The number of ether oxygens (including phenoxy) is 2. The van der Waals surface area contributed by atoms with Crippen LogP contribution in [0.3, 0.4) is 0 Å². The van der Waals surface area contributed by atoms with Crippen molar-refractivity contribution in [2.45, 2.75) is 19.6 Å². The van der Waals surface area contributed by atoms with Crippen LogP contribution in [0.4, 0.5) is 24.7 Å². The van der Waals surface area contributed by atoms with Crippen molar-refractivity contribution in [3.63, 3.8) is 0 Å². The van der Waals surface area contributed by atoms with Crippen LogP contribution in [0.25, 0.3) is 10.9 Å². The van der Waals surface area contributed by atoms with E-state index in [2.05, 4.69) is 15.3 Å². The molecule has 0 aliphatic carbocycles. The van der Waals surface area contributed by atoms with Gasteiger partial charge in [-0.2, -0.15) is 13.2 Å². The zero-order chi connectivity index (χ0) is 20.5. The Balaban J connectivity index is 1.98. The molecule has 148 valence electrons. The first-order valence-corrected chi connectivity index (χ1v) is 8.32. The maximum absolute atomic E-state index is 13.0. The molecule has 3 aromatic rings. The molecule has 0 fully saturated rings. The Morgan fingerprint density at radius 1 is 1.00 bits per heavy atom. The highest BCUT2D eigenvalue weighted by molar-refractivity contribution is 5.91. The zero-order valence-corrected chi connectivity index (χ0v) is 15.5. The van der Waals surface area contributed by atoms with Gasteiger partial charge in [-0.25, -0.2) is 9.97 Å². The topological polar surface area (TPSA) is 82.3 Å². The molecular weight excluding hydrogens is 373 g/mol. The van der Waals surface area contributed by atoms with E-state index in [1.165, 1.54) is 20.3 Å². The summed E-state index contributed by atoms with van der Waals surface area (Å²) in [5.74, 6) is 1.99. The summed E-state index contributed by atoms with van der Waals surface area (Å²) in [5, 5.41) is 3.72. The number of methoxy groups -OCH3 is 2. The summed E-state index contributed by atoms with van der Waals surface area (Å²) >= 11 is 0. The Labute approximate surface area is 159 Å². The van der Waals surface area contributed by atoms with Gasteiger partial charge >= 0.3 is 6.18 Å². The van der Waals surface area contributed by atoms with Gasteiger partial charge in [-0.3, -0.25) is 0 Å². The molecule has 0 bridgehead atoms. The summed E-state index contributed by atoms with van der Waals surface area (Å²) in [5.41, 5.74) is 5.88. The second kappa shape index (κ2) is 7.41. The number of nitrogens with two attached hydrogens (primary N) is 1. The number of fused-ring (bicyclic) bond motifs is 1. The molecule has 0 saturated heterocycles. The number of nitrogens with zero attached hydrogens (tertiary/aromatic N) is 2. The summed E-state index contributed by atoms with van der Waals surface area (Å²) in [6.45, 7) is 1.83. The van der Waals surface area contributed by atoms with Crippen LogP contribution in [0.1, 0.15) is 17.0 Å². The number of halogens is 3. The third-order valence-corrected chi connectivity index (χ3v) is 4.12. The van der Waals surface area contributed by atoms with Gasteiger partial charge in [0.05, 0.1) is 25.3 Å². The first-order chi connectivity index (χ1) is 13.2. The number of aryl methyl sites for hydroxylation is 1. The minimum Gasteiger partial charge on any atom is -0.493 e. The summed E-state index contributed by atoms with van der Waals surface area (Å²) in [4.78, 5) is 8.75. The highest BCUT2D eigenvalue weighted by atomic mass is 19.4. The maximum Gasteiger partial charge on any atom is 0.416 e. The number of aromatic nitrogens is 2. The lowest BCUT2D eigenvalue weighted by Crippen LogP contribution is -2.09. The molecule has 0 aliphatic rings. The third-order valence-electron chi connectivity index (χ3n) is 4.12. The van der Waals surface area contributed by atoms with E-state index in [1.807, 2.05) is 0 Å². The number of hydrogen-bond acceptors (Lipinski definition) is 6. The summed E-state index contributed by atoms with van der Waals surface area (Å²) in [7, 11) is 3.03. The normalized spacial score (nSPS) is 11.5. The van der Waals surface area contributed by atoms with Gasteiger partial charge in [0, 0.05) is 23.7 Å². The Kier molecular flexibility index (Phi) is 5.17. The smallest absolute Gasteiger partial charge is 0.416 e. The molecule has 28 heavy (non-hydrogen) atoms. The lowest BCUT2D eigenvalue weighted by atomic mass is 10.1. The largest absolute Gasteiger partial charge is 0.493 e. The van der Waals surface area contributed by atoms with Crippen LogP contribution in [-0.4, -0.2) is 24.2 Å². The fourth-order valence-electron chi connectivity index (χ4n) is 2.88. The molecule has 2 aromatic carbocycles. The van der Waals surface area contributed by atoms with E-state index >= 15 is 0 Å². The van der Waals surface area contributed by atoms with E-state index in [9.17, 15) is 13.2 Å². The molecule has 6 nitrogen and oxygen atoms in total. The van der Waals surface area contributed by atoms with Gasteiger partial charge in [-0.15, -0.1) is 0 Å². The van der Waals surface area contributed by atoms with Crippen molar-refractivity contribution in [2.24, 2.45) is 0 Å². The molecule has 9 heteroatoms. The molecule has 0 amide bonds. The van der Waals surface area contributed by atoms with Crippen molar-refractivity contribution in [2.75, 3.05) is 25.3 Å². The van der Waals surface area contributed by atoms with Crippen LogP contribution in [0.15, 0.2) is 30.3 Å². The average molecular weight is 392 g/mol. The summed E-state index contributed by atoms with van der Waals surface area (Å²) in [6, 6.07) is 6.89. The van der Waals surface area contributed by atoms with E-state index < -0.39 is 11.7 Å². The highest BCUT2D eigenvalue weighted by Gasteiger charge is 2.31. The molecule has 0 saturated carbocycles. The minimum atomic E-state index is -4.47. The monoisotopic (exact) mass is 392 g/mol. The van der Waals surface area contributed by atoms with Gasteiger partial charge in [0.2, 0.25) is 0 Å². The number of nitrogens with one attached hydrogen (secondary N) is 1. The fourth-order valence-corrected chi connectivity index (χ4v) is 2.88. The van der Waals surface area contributed by atoms with E-state index in [-0.39, 0.29) is 12.2 Å². The first kappa shape index (κ1) is 19.5. The van der Waals surface area contributed by atoms with Crippen LogP contribution in [0.5, 0.6) is 11.5 Å². The van der Waals surface area contributed by atoms with E-state index in [4.69, 9.17) is 15.2 Å². The molecule has 0 spiro atoms. The molecule has 3 N–H and O–H groups in total. The number of nitrogen functional groups attached to an aromatic ring is 1. The Bertz CT molecular complexity index is 1020. The van der Waals surface area contributed by atoms with Crippen LogP contribution in [0, 0.1) is 6.92 Å². The summed E-state index contributed by atoms with van der Waals surface area (Å²) in [6.07, 6.45) is -4.47. The standard InChI is InChI=1S/C19H19F3N4O2/c1-10-25-15-8-17(28-3)16(27-2)7-14(15)18(26-10)24-9-11-4-12(19(20,21)22)6-13(23)5-11/h4-8H,9,23H2,1-3H3,(H,24,25,26). The quantitative estimate of drug-likeness (QED) is 0.635.